The van der Waals surface area contributed by atoms with Crippen LogP contribution in [0.15, 0.2) is 6.07 Å². The Kier molecular flexibility index (Phi) is 6.49. The number of carbonyl (C=O) groups is 1. The van der Waals surface area contributed by atoms with Crippen LogP contribution < -0.4 is 0 Å². The van der Waals surface area contributed by atoms with Crippen molar-refractivity contribution in [1.29, 1.82) is 0 Å². The quantitative estimate of drug-likeness (QED) is 0.336. The topological polar surface area (TPSA) is 98.0 Å². The summed E-state index contributed by atoms with van der Waals surface area (Å²) in [7, 11) is 0. The average Bonchev–Trinajstić information content (AvgIpc) is 2.42. The van der Waals surface area contributed by atoms with E-state index in [1.165, 1.54) is 6.07 Å². The van der Waals surface area contributed by atoms with Crippen LogP contribution >= 0.6 is 0 Å². The number of Topliss-reactive ketones (excluding diaryl/α,β-unsaturated/α-hetero) is 1. The van der Waals surface area contributed by atoms with Crippen LogP contribution in [-0.4, -0.2) is 32.3 Å². The number of hydrogen-bond donors (Lipinski definition) is 4. The van der Waals surface area contributed by atoms with E-state index in [-0.39, 0.29) is 29.1 Å². The van der Waals surface area contributed by atoms with Gasteiger partial charge in [0.25, 0.3) is 0 Å². The fourth-order valence-corrected chi connectivity index (χ4v) is 2.19. The first-order valence-corrected chi connectivity index (χ1v) is 7.36. The van der Waals surface area contributed by atoms with Crippen molar-refractivity contribution in [2.75, 3.05) is 0 Å². The van der Waals surface area contributed by atoms with Gasteiger partial charge < -0.3 is 20.4 Å². The number of phenolic OH excluding ortho intramolecular Hbond substituents is 3. The summed E-state index contributed by atoms with van der Waals surface area (Å²) >= 11 is 0. The van der Waals surface area contributed by atoms with Crippen molar-refractivity contribution in [2.24, 2.45) is 0 Å². The first-order chi connectivity index (χ1) is 9.88. The Balaban J connectivity index is 2.91. The molecule has 0 amide bonds. The predicted molar refractivity (Wildman–Crippen MR) is 79.9 cm³/mol. The average molecular weight is 296 g/mol. The molecule has 0 aliphatic carbocycles. The van der Waals surface area contributed by atoms with Gasteiger partial charge in [-0.2, -0.15) is 0 Å². The Morgan fingerprint density at radius 2 is 1.86 bits per heavy atom. The molecule has 0 unspecified atom stereocenters. The highest BCUT2D eigenvalue weighted by molar-refractivity contribution is 6.00. The Bertz CT molecular complexity index is 494. The second-order valence-electron chi connectivity index (χ2n) is 5.39. The van der Waals surface area contributed by atoms with Crippen molar-refractivity contribution < 1.29 is 25.2 Å². The molecule has 0 aliphatic rings. The van der Waals surface area contributed by atoms with Gasteiger partial charge >= 0.3 is 0 Å². The smallest absolute Gasteiger partial charge is 0.169 e. The fraction of sp³-hybridized carbons (Fsp3) is 0.562. The van der Waals surface area contributed by atoms with E-state index in [1.807, 2.05) is 6.92 Å². The molecule has 5 nitrogen and oxygen atoms in total. The highest BCUT2D eigenvalue weighted by Crippen LogP contribution is 2.40. The Labute approximate surface area is 124 Å². The normalized spacial score (nSPS) is 12.3. The number of carbonyl (C=O) groups excluding carboxylic acids is 1. The summed E-state index contributed by atoms with van der Waals surface area (Å²) in [5.41, 5.74) is 0.200. The molecule has 21 heavy (non-hydrogen) atoms. The lowest BCUT2D eigenvalue weighted by molar-refractivity contribution is 0.0968. The highest BCUT2D eigenvalue weighted by atomic mass is 16.3. The minimum atomic E-state index is -0.482. The maximum Gasteiger partial charge on any atom is 0.169 e. The molecule has 1 rings (SSSR count). The molecule has 0 spiro atoms. The van der Waals surface area contributed by atoms with Crippen LogP contribution in [0.1, 0.15) is 61.9 Å². The van der Waals surface area contributed by atoms with E-state index in [1.54, 1.807) is 6.92 Å². The van der Waals surface area contributed by atoms with Crippen molar-refractivity contribution in [3.63, 3.8) is 0 Å². The zero-order valence-electron chi connectivity index (χ0n) is 12.6. The Morgan fingerprint density at radius 1 is 1.19 bits per heavy atom. The maximum atomic E-state index is 12.0. The molecule has 0 radical (unpaired) electrons. The number of hydrogen-bond acceptors (Lipinski definition) is 5. The molecule has 0 aliphatic heterocycles. The Morgan fingerprint density at radius 3 is 2.43 bits per heavy atom. The first kappa shape index (κ1) is 17.3. The summed E-state index contributed by atoms with van der Waals surface area (Å²) in [6.45, 7) is 3.62. The first-order valence-electron chi connectivity index (χ1n) is 7.36. The number of rotatable bonds is 8. The van der Waals surface area contributed by atoms with Crippen LogP contribution in [0.4, 0.5) is 0 Å². The van der Waals surface area contributed by atoms with Gasteiger partial charge in [0.05, 0.1) is 11.7 Å². The van der Waals surface area contributed by atoms with Gasteiger partial charge in [0.2, 0.25) is 0 Å². The largest absolute Gasteiger partial charge is 0.508 e. The van der Waals surface area contributed by atoms with Crippen molar-refractivity contribution in [2.45, 2.75) is 58.5 Å². The molecule has 1 atom stereocenters. The van der Waals surface area contributed by atoms with Gasteiger partial charge in [0, 0.05) is 12.0 Å². The summed E-state index contributed by atoms with van der Waals surface area (Å²) < 4.78 is 0. The van der Waals surface area contributed by atoms with Crippen LogP contribution in [-0.2, 0) is 6.42 Å². The molecule has 1 aromatic carbocycles. The van der Waals surface area contributed by atoms with E-state index >= 15 is 0 Å². The van der Waals surface area contributed by atoms with Crippen LogP contribution in [0.5, 0.6) is 17.2 Å². The van der Waals surface area contributed by atoms with Crippen molar-refractivity contribution in [1.82, 2.24) is 0 Å². The maximum absolute atomic E-state index is 12.0. The number of ketones is 1. The van der Waals surface area contributed by atoms with Crippen molar-refractivity contribution in [3.05, 3.63) is 17.2 Å². The Hall–Kier alpha value is -1.75. The van der Waals surface area contributed by atoms with E-state index in [4.69, 9.17) is 5.11 Å². The van der Waals surface area contributed by atoms with Gasteiger partial charge in [-0.25, -0.2) is 0 Å². The second kappa shape index (κ2) is 7.88. The van der Waals surface area contributed by atoms with Gasteiger partial charge in [-0.15, -0.1) is 0 Å². The molecule has 0 fully saturated rings. The summed E-state index contributed by atoms with van der Waals surface area (Å²) in [5, 5.41) is 39.0. The van der Waals surface area contributed by atoms with E-state index in [9.17, 15) is 20.1 Å². The molecule has 118 valence electrons. The lowest BCUT2D eigenvalue weighted by atomic mass is 9.98. The number of aliphatic hydroxyl groups excluding tert-OH is 1. The van der Waals surface area contributed by atoms with Gasteiger partial charge in [-0.3, -0.25) is 4.79 Å². The van der Waals surface area contributed by atoms with E-state index in [0.717, 1.165) is 12.8 Å². The van der Waals surface area contributed by atoms with Gasteiger partial charge in [-0.05, 0) is 38.7 Å². The summed E-state index contributed by atoms with van der Waals surface area (Å²) in [6.07, 6.45) is 2.73. The number of benzene rings is 1. The minimum Gasteiger partial charge on any atom is -0.508 e. The van der Waals surface area contributed by atoms with E-state index in [0.29, 0.717) is 19.3 Å². The van der Waals surface area contributed by atoms with Crippen LogP contribution in [0.2, 0.25) is 0 Å². The van der Waals surface area contributed by atoms with E-state index < -0.39 is 17.6 Å². The molecular formula is C16H24O5. The van der Waals surface area contributed by atoms with Crippen molar-refractivity contribution >= 4 is 5.78 Å². The van der Waals surface area contributed by atoms with Crippen LogP contribution in [0.25, 0.3) is 0 Å². The number of aliphatic hydroxyl groups is 1. The van der Waals surface area contributed by atoms with Crippen molar-refractivity contribution in [3.8, 4) is 17.2 Å². The third-order valence-electron chi connectivity index (χ3n) is 3.46. The summed E-state index contributed by atoms with van der Waals surface area (Å²) in [5.74, 6) is -1.42. The van der Waals surface area contributed by atoms with Crippen LogP contribution in [0.3, 0.4) is 0 Å². The van der Waals surface area contributed by atoms with E-state index in [2.05, 4.69) is 0 Å². The molecule has 4 N–H and O–H groups in total. The van der Waals surface area contributed by atoms with Gasteiger partial charge in [-0.1, -0.05) is 13.3 Å². The summed E-state index contributed by atoms with van der Waals surface area (Å²) in [6, 6.07) is 1.21. The molecular weight excluding hydrogens is 272 g/mol. The molecule has 0 saturated heterocycles. The van der Waals surface area contributed by atoms with Gasteiger partial charge in [0.15, 0.2) is 17.3 Å². The SMILES string of the molecule is CCCCc1c(O)cc(C(=O)CCC[C@H](C)O)c(O)c1O. The standard InChI is InChI=1S/C16H24O5/c1-3-4-7-11-14(19)9-12(16(21)15(11)20)13(18)8-5-6-10(2)17/h9-10,17,19-21H,3-8H2,1-2H3/t10-/m0/s1. The zero-order valence-corrected chi connectivity index (χ0v) is 12.6. The zero-order chi connectivity index (χ0) is 16.0. The third-order valence-corrected chi connectivity index (χ3v) is 3.46. The fourth-order valence-electron chi connectivity index (χ4n) is 2.19. The number of unbranched alkanes of at least 4 members (excludes halogenated alkanes) is 1. The summed E-state index contributed by atoms with van der Waals surface area (Å²) in [4.78, 5) is 12.0. The predicted octanol–water partition coefficient (Wildman–Crippen LogP) is 2.88. The minimum absolute atomic E-state index is 0.0733. The molecule has 5 heteroatoms. The van der Waals surface area contributed by atoms with Gasteiger partial charge in [0.1, 0.15) is 5.75 Å². The number of phenols is 3. The lowest BCUT2D eigenvalue weighted by Gasteiger charge is -2.12. The third kappa shape index (κ3) is 4.63. The molecule has 0 bridgehead atoms. The monoisotopic (exact) mass is 296 g/mol. The molecule has 0 aromatic heterocycles. The van der Waals surface area contributed by atoms with Crippen LogP contribution in [0, 0.1) is 0 Å². The highest BCUT2D eigenvalue weighted by Gasteiger charge is 2.20. The molecule has 1 aromatic rings. The molecule has 0 saturated carbocycles. The lowest BCUT2D eigenvalue weighted by Crippen LogP contribution is -2.04. The number of aromatic hydroxyl groups is 3. The molecule has 0 heterocycles. The second-order valence-corrected chi connectivity index (χ2v) is 5.39.